The molecule has 19 heavy (non-hydrogen) atoms. The summed E-state index contributed by atoms with van der Waals surface area (Å²) in [6.45, 7) is 3.69. The monoisotopic (exact) mass is 257 g/mol. The molecule has 1 aromatic rings. The van der Waals surface area contributed by atoms with Crippen molar-refractivity contribution in [1.29, 1.82) is 0 Å². The van der Waals surface area contributed by atoms with Crippen molar-refractivity contribution in [2.45, 2.75) is 63.8 Å². The smallest absolute Gasteiger partial charge is 0.00677 e. The van der Waals surface area contributed by atoms with Gasteiger partial charge in [-0.1, -0.05) is 43.7 Å². The van der Waals surface area contributed by atoms with Gasteiger partial charge in [0.15, 0.2) is 0 Å². The zero-order chi connectivity index (χ0) is 13.1. The van der Waals surface area contributed by atoms with Gasteiger partial charge in [0.1, 0.15) is 0 Å². The standard InChI is InChI=1S/C18H27N/c1-18(12-5-13-18)14-19-17-10-8-16(9-11-17)15-6-3-2-4-7-15/h2-4,6-7,16-17,19H,5,8-14H2,1H3. The van der Waals surface area contributed by atoms with Gasteiger partial charge in [0.2, 0.25) is 0 Å². The van der Waals surface area contributed by atoms with Crippen molar-refractivity contribution in [2.24, 2.45) is 5.41 Å². The average Bonchev–Trinajstić information content (AvgIpc) is 2.45. The van der Waals surface area contributed by atoms with Gasteiger partial charge in [-0.15, -0.1) is 0 Å². The molecule has 0 spiro atoms. The third-order valence-electron chi connectivity index (χ3n) is 5.38. The third-order valence-corrected chi connectivity index (χ3v) is 5.38. The summed E-state index contributed by atoms with van der Waals surface area (Å²) in [7, 11) is 0. The van der Waals surface area contributed by atoms with Gasteiger partial charge in [-0.3, -0.25) is 0 Å². The second-order valence-electron chi connectivity index (χ2n) is 7.00. The molecule has 0 bridgehead atoms. The molecule has 0 aromatic heterocycles. The molecule has 0 aliphatic heterocycles. The van der Waals surface area contributed by atoms with Crippen molar-refractivity contribution < 1.29 is 0 Å². The van der Waals surface area contributed by atoms with Crippen molar-refractivity contribution in [3.63, 3.8) is 0 Å². The van der Waals surface area contributed by atoms with Crippen molar-refractivity contribution in [2.75, 3.05) is 6.54 Å². The van der Waals surface area contributed by atoms with Gasteiger partial charge in [-0.2, -0.15) is 0 Å². The maximum Gasteiger partial charge on any atom is 0.00677 e. The molecule has 0 radical (unpaired) electrons. The second kappa shape index (κ2) is 5.66. The van der Waals surface area contributed by atoms with Crippen LogP contribution in [0.2, 0.25) is 0 Å². The molecule has 0 saturated heterocycles. The van der Waals surface area contributed by atoms with Crippen LogP contribution in [-0.2, 0) is 0 Å². The molecule has 2 saturated carbocycles. The van der Waals surface area contributed by atoms with Crippen LogP contribution in [0.25, 0.3) is 0 Å². The minimum Gasteiger partial charge on any atom is -0.313 e. The number of rotatable bonds is 4. The molecule has 0 amide bonds. The predicted octanol–water partition coefficient (Wildman–Crippen LogP) is 4.49. The summed E-state index contributed by atoms with van der Waals surface area (Å²) in [6, 6.07) is 11.9. The first-order valence-electron chi connectivity index (χ1n) is 8.04. The summed E-state index contributed by atoms with van der Waals surface area (Å²) < 4.78 is 0. The van der Waals surface area contributed by atoms with Crippen LogP contribution in [0.4, 0.5) is 0 Å². The number of nitrogens with one attached hydrogen (secondary N) is 1. The minimum atomic E-state index is 0.621. The predicted molar refractivity (Wildman–Crippen MR) is 81.4 cm³/mol. The fourth-order valence-electron chi connectivity index (χ4n) is 3.70. The van der Waals surface area contributed by atoms with Crippen molar-refractivity contribution in [3.8, 4) is 0 Å². The van der Waals surface area contributed by atoms with E-state index in [4.69, 9.17) is 0 Å². The molecule has 1 aromatic carbocycles. The summed E-state index contributed by atoms with van der Waals surface area (Å²) in [4.78, 5) is 0. The summed E-state index contributed by atoms with van der Waals surface area (Å²) in [6.07, 6.45) is 9.74. The molecule has 2 aliphatic carbocycles. The quantitative estimate of drug-likeness (QED) is 0.838. The molecule has 0 heterocycles. The van der Waals surface area contributed by atoms with Crippen molar-refractivity contribution in [1.82, 2.24) is 5.32 Å². The fourth-order valence-corrected chi connectivity index (χ4v) is 3.70. The Morgan fingerprint density at radius 2 is 1.74 bits per heavy atom. The average molecular weight is 257 g/mol. The Labute approximate surface area is 117 Å². The second-order valence-corrected chi connectivity index (χ2v) is 7.00. The van der Waals surface area contributed by atoms with Gasteiger partial charge < -0.3 is 5.32 Å². The Morgan fingerprint density at radius 1 is 1.05 bits per heavy atom. The van der Waals surface area contributed by atoms with E-state index in [-0.39, 0.29) is 0 Å². The molecule has 1 heteroatoms. The molecule has 2 aliphatic rings. The zero-order valence-electron chi connectivity index (χ0n) is 12.2. The summed E-state index contributed by atoms with van der Waals surface area (Å²) >= 11 is 0. The van der Waals surface area contributed by atoms with E-state index in [1.807, 2.05) is 0 Å². The van der Waals surface area contributed by atoms with Crippen molar-refractivity contribution in [3.05, 3.63) is 35.9 Å². The lowest BCUT2D eigenvalue weighted by molar-refractivity contribution is 0.145. The lowest BCUT2D eigenvalue weighted by Gasteiger charge is -2.40. The largest absolute Gasteiger partial charge is 0.313 e. The lowest BCUT2D eigenvalue weighted by atomic mass is 9.70. The molecular weight excluding hydrogens is 230 g/mol. The third kappa shape index (κ3) is 3.20. The first kappa shape index (κ1) is 13.2. The van der Waals surface area contributed by atoms with E-state index in [1.165, 1.54) is 51.5 Å². The SMILES string of the molecule is CC1(CNC2CCC(c3ccccc3)CC2)CCC1. The summed E-state index contributed by atoms with van der Waals surface area (Å²) in [5.74, 6) is 0.804. The number of benzene rings is 1. The Kier molecular flexibility index (Phi) is 3.93. The molecule has 104 valence electrons. The Balaban J connectivity index is 1.44. The normalized spacial score (nSPS) is 29.7. The van der Waals surface area contributed by atoms with Gasteiger partial charge in [0, 0.05) is 12.6 Å². The topological polar surface area (TPSA) is 12.0 Å². The lowest BCUT2D eigenvalue weighted by Crippen LogP contribution is -2.43. The Bertz CT molecular complexity index is 385. The molecule has 1 nitrogen and oxygen atoms in total. The Hall–Kier alpha value is -0.820. The highest BCUT2D eigenvalue weighted by molar-refractivity contribution is 5.20. The first-order chi connectivity index (χ1) is 9.25. The molecule has 2 fully saturated rings. The van der Waals surface area contributed by atoms with Crippen LogP contribution >= 0.6 is 0 Å². The van der Waals surface area contributed by atoms with Crippen LogP contribution in [0.3, 0.4) is 0 Å². The molecule has 0 atom stereocenters. The van der Waals surface area contributed by atoms with Gasteiger partial charge in [0.05, 0.1) is 0 Å². The Morgan fingerprint density at radius 3 is 2.32 bits per heavy atom. The number of hydrogen-bond donors (Lipinski definition) is 1. The molecular formula is C18H27N. The molecule has 1 N–H and O–H groups in total. The molecule has 0 unspecified atom stereocenters. The van der Waals surface area contributed by atoms with Crippen LogP contribution < -0.4 is 5.32 Å². The molecule has 3 rings (SSSR count). The van der Waals surface area contributed by atoms with Gasteiger partial charge in [-0.25, -0.2) is 0 Å². The van der Waals surface area contributed by atoms with E-state index >= 15 is 0 Å². The van der Waals surface area contributed by atoms with Crippen molar-refractivity contribution >= 4 is 0 Å². The highest BCUT2D eigenvalue weighted by atomic mass is 14.9. The van der Waals surface area contributed by atoms with Gasteiger partial charge in [0.25, 0.3) is 0 Å². The van der Waals surface area contributed by atoms with E-state index in [1.54, 1.807) is 5.56 Å². The minimum absolute atomic E-state index is 0.621. The summed E-state index contributed by atoms with van der Waals surface area (Å²) in [5.41, 5.74) is 2.17. The van der Waals surface area contributed by atoms with Crippen LogP contribution in [0.15, 0.2) is 30.3 Å². The summed E-state index contributed by atoms with van der Waals surface area (Å²) in [5, 5.41) is 3.84. The van der Waals surface area contributed by atoms with Crippen LogP contribution in [-0.4, -0.2) is 12.6 Å². The van der Waals surface area contributed by atoms with Gasteiger partial charge >= 0.3 is 0 Å². The highest BCUT2D eigenvalue weighted by Crippen LogP contribution is 2.40. The van der Waals surface area contributed by atoms with E-state index in [9.17, 15) is 0 Å². The van der Waals surface area contributed by atoms with Crippen LogP contribution in [0.1, 0.15) is 63.4 Å². The zero-order valence-corrected chi connectivity index (χ0v) is 12.2. The fraction of sp³-hybridized carbons (Fsp3) is 0.667. The maximum absolute atomic E-state index is 3.84. The van der Waals surface area contributed by atoms with Gasteiger partial charge in [-0.05, 0) is 55.4 Å². The van der Waals surface area contributed by atoms with E-state index in [2.05, 4.69) is 42.6 Å². The van der Waals surface area contributed by atoms with Crippen LogP contribution in [0, 0.1) is 5.41 Å². The first-order valence-corrected chi connectivity index (χ1v) is 8.04. The maximum atomic E-state index is 3.84. The van der Waals surface area contributed by atoms with E-state index in [0.717, 1.165) is 12.0 Å². The van der Waals surface area contributed by atoms with Crippen LogP contribution in [0.5, 0.6) is 0 Å². The highest BCUT2D eigenvalue weighted by Gasteiger charge is 2.32. The van der Waals surface area contributed by atoms with E-state index in [0.29, 0.717) is 5.41 Å². The number of hydrogen-bond acceptors (Lipinski definition) is 1. The van der Waals surface area contributed by atoms with E-state index < -0.39 is 0 Å².